The van der Waals surface area contributed by atoms with E-state index in [9.17, 15) is 9.18 Å². The molecule has 142 valence electrons. The van der Waals surface area contributed by atoms with Crippen LogP contribution in [0.4, 0.5) is 4.39 Å². The maximum absolute atomic E-state index is 13.3. The largest absolute Gasteiger partial charge is 0.493 e. The summed E-state index contributed by atoms with van der Waals surface area (Å²) < 4.78 is 44.5. The molecule has 2 aromatic carbocycles. The normalized spacial score (nSPS) is 24.1. The fraction of sp³-hybridized carbons (Fsp3) is 0.381. The number of nitrogens with zero attached hydrogens (tertiary/aromatic N) is 1. The summed E-state index contributed by atoms with van der Waals surface area (Å²) >= 11 is 0. The molecule has 0 radical (unpaired) electrons. The van der Waals surface area contributed by atoms with Crippen molar-refractivity contribution < 1.29 is 26.1 Å². The monoisotopic (exact) mass is 373 g/mol. The molecule has 1 amide bonds. The van der Waals surface area contributed by atoms with Crippen molar-refractivity contribution >= 4 is 5.91 Å². The lowest BCUT2D eigenvalue weighted by Crippen LogP contribution is -2.44. The highest BCUT2D eigenvalue weighted by molar-refractivity contribution is 5.73. The molecule has 0 N–H and O–H groups in total. The number of hydrogen-bond acceptors (Lipinski definition) is 4. The number of amides is 1. The molecule has 27 heavy (non-hydrogen) atoms. The second-order valence-electron chi connectivity index (χ2n) is 6.88. The summed E-state index contributed by atoms with van der Waals surface area (Å²) in [6.45, 7) is 0.956. The van der Waals surface area contributed by atoms with Gasteiger partial charge in [-0.15, -0.1) is 0 Å². The maximum Gasteiger partial charge on any atom is 0.231 e. The lowest BCUT2D eigenvalue weighted by Gasteiger charge is -2.38. The number of carbonyl (C=O) groups excluding carboxylic acids is 1. The third-order valence-corrected chi connectivity index (χ3v) is 5.16. The Hall–Kier alpha value is -2.76. The standard InChI is InChI=1S/C21H22FNO4/c1-14(24)23-9-8-19(15-2-4-17(22)5-3-15)16(11-23)12-25-18-6-7-20-21(10-18)27-13-26-20/h2-7,10,16,19H,8-9,11-13H2,1H3/t16-,19-/m0/s1/i13D2. The number of carbonyl (C=O) groups is 1. The molecule has 2 aliphatic rings. The van der Waals surface area contributed by atoms with Gasteiger partial charge in [0, 0.05) is 32.0 Å². The van der Waals surface area contributed by atoms with Crippen molar-refractivity contribution in [3.8, 4) is 17.2 Å². The molecule has 0 unspecified atom stereocenters. The van der Waals surface area contributed by atoms with Gasteiger partial charge in [0.1, 0.15) is 14.3 Å². The summed E-state index contributed by atoms with van der Waals surface area (Å²) in [6.07, 6.45) is 0.778. The Balaban J connectivity index is 1.49. The fourth-order valence-corrected chi connectivity index (χ4v) is 3.69. The summed E-state index contributed by atoms with van der Waals surface area (Å²) in [5.41, 5.74) is 1.03. The first kappa shape index (κ1) is 15.3. The molecule has 0 saturated carbocycles. The third-order valence-electron chi connectivity index (χ3n) is 5.16. The number of benzene rings is 2. The first-order valence-electron chi connectivity index (χ1n) is 9.96. The molecular formula is C21H22FNO4. The number of hydrogen-bond donors (Lipinski definition) is 0. The molecule has 2 aromatic rings. The van der Waals surface area contributed by atoms with Gasteiger partial charge in [0.25, 0.3) is 0 Å². The third kappa shape index (κ3) is 3.84. The van der Waals surface area contributed by atoms with Crippen LogP contribution in [0.5, 0.6) is 17.2 Å². The Bertz CT molecular complexity index is 906. The number of rotatable bonds is 4. The van der Waals surface area contributed by atoms with Crippen LogP contribution in [-0.2, 0) is 4.79 Å². The lowest BCUT2D eigenvalue weighted by atomic mass is 9.81. The van der Waals surface area contributed by atoms with E-state index in [1.54, 1.807) is 37.3 Å². The number of ether oxygens (including phenoxy) is 3. The lowest BCUT2D eigenvalue weighted by molar-refractivity contribution is -0.131. The predicted molar refractivity (Wildman–Crippen MR) is 97.6 cm³/mol. The van der Waals surface area contributed by atoms with Crippen molar-refractivity contribution in [3.05, 3.63) is 53.8 Å². The first-order chi connectivity index (χ1) is 13.8. The SMILES string of the molecule is [2H]C1([2H])Oc2ccc(OC[C@@H]3CN(C(C)=O)CC[C@H]3c3ccc(F)cc3)cc2O1. The van der Waals surface area contributed by atoms with Gasteiger partial charge in [-0.2, -0.15) is 0 Å². The van der Waals surface area contributed by atoms with Crippen LogP contribution < -0.4 is 14.2 Å². The smallest absolute Gasteiger partial charge is 0.231 e. The number of halogens is 1. The minimum Gasteiger partial charge on any atom is -0.493 e. The van der Waals surface area contributed by atoms with Crippen molar-refractivity contribution in [1.82, 2.24) is 4.90 Å². The molecule has 5 nitrogen and oxygen atoms in total. The van der Waals surface area contributed by atoms with E-state index >= 15 is 0 Å². The second-order valence-corrected chi connectivity index (χ2v) is 6.88. The number of piperidine rings is 1. The molecule has 0 aromatic heterocycles. The minimum atomic E-state index is -2.18. The Labute approximate surface area is 160 Å². The summed E-state index contributed by atoms with van der Waals surface area (Å²) in [5, 5.41) is 0. The first-order valence-corrected chi connectivity index (χ1v) is 8.96. The van der Waals surface area contributed by atoms with Crippen molar-refractivity contribution in [1.29, 1.82) is 0 Å². The maximum atomic E-state index is 13.3. The Kier molecular flexibility index (Phi) is 4.23. The topological polar surface area (TPSA) is 48.0 Å². The Morgan fingerprint density at radius 2 is 2.04 bits per heavy atom. The van der Waals surface area contributed by atoms with Gasteiger partial charge >= 0.3 is 0 Å². The van der Waals surface area contributed by atoms with E-state index in [0.717, 1.165) is 12.0 Å². The molecule has 4 rings (SSSR count). The second kappa shape index (κ2) is 7.47. The highest BCUT2D eigenvalue weighted by Crippen LogP contribution is 2.37. The summed E-state index contributed by atoms with van der Waals surface area (Å²) in [4.78, 5) is 13.7. The van der Waals surface area contributed by atoms with Crippen LogP contribution in [-0.4, -0.2) is 37.2 Å². The van der Waals surface area contributed by atoms with Crippen molar-refractivity contribution in [3.63, 3.8) is 0 Å². The van der Waals surface area contributed by atoms with E-state index in [1.165, 1.54) is 12.1 Å². The highest BCUT2D eigenvalue weighted by Gasteiger charge is 2.32. The van der Waals surface area contributed by atoms with Gasteiger partial charge < -0.3 is 19.1 Å². The van der Waals surface area contributed by atoms with Crippen LogP contribution >= 0.6 is 0 Å². The van der Waals surface area contributed by atoms with Gasteiger partial charge in [-0.05, 0) is 42.2 Å². The number of likely N-dealkylation sites (tertiary alicyclic amines) is 1. The van der Waals surface area contributed by atoms with Crippen LogP contribution in [0.1, 0.15) is 27.6 Å². The summed E-state index contributed by atoms with van der Waals surface area (Å²) in [5.74, 6) is 1.08. The van der Waals surface area contributed by atoms with Gasteiger partial charge in [-0.3, -0.25) is 4.79 Å². The van der Waals surface area contributed by atoms with E-state index < -0.39 is 6.75 Å². The molecule has 1 saturated heterocycles. The van der Waals surface area contributed by atoms with Crippen molar-refractivity contribution in [2.45, 2.75) is 19.3 Å². The zero-order valence-electron chi connectivity index (χ0n) is 17.0. The Morgan fingerprint density at radius 3 is 2.81 bits per heavy atom. The van der Waals surface area contributed by atoms with Crippen LogP contribution in [0.25, 0.3) is 0 Å². The van der Waals surface area contributed by atoms with Gasteiger partial charge in [0.05, 0.1) is 6.61 Å². The zero-order chi connectivity index (χ0) is 20.6. The molecule has 6 heteroatoms. The highest BCUT2D eigenvalue weighted by atomic mass is 19.1. The fourth-order valence-electron chi connectivity index (χ4n) is 3.69. The molecule has 2 aliphatic heterocycles. The predicted octanol–water partition coefficient (Wildman–Crippen LogP) is 3.59. The van der Waals surface area contributed by atoms with Crippen molar-refractivity contribution in [2.24, 2.45) is 5.92 Å². The summed E-state index contributed by atoms with van der Waals surface area (Å²) in [6, 6.07) is 11.4. The molecule has 0 spiro atoms. The van der Waals surface area contributed by atoms with Crippen LogP contribution in [0.15, 0.2) is 42.5 Å². The van der Waals surface area contributed by atoms with Crippen LogP contribution in [0, 0.1) is 11.7 Å². The summed E-state index contributed by atoms with van der Waals surface area (Å²) in [7, 11) is 0. The van der Waals surface area contributed by atoms with E-state index in [1.807, 2.05) is 4.90 Å². The molecule has 1 fully saturated rings. The van der Waals surface area contributed by atoms with Gasteiger partial charge in [-0.1, -0.05) is 12.1 Å². The van der Waals surface area contributed by atoms with E-state index in [4.69, 9.17) is 17.0 Å². The molecule has 0 bridgehead atoms. The van der Waals surface area contributed by atoms with Crippen molar-refractivity contribution in [2.75, 3.05) is 26.4 Å². The molecular weight excluding hydrogens is 349 g/mol. The molecule has 2 heterocycles. The van der Waals surface area contributed by atoms with Crippen LogP contribution in [0.2, 0.25) is 0 Å². The van der Waals surface area contributed by atoms with E-state index in [2.05, 4.69) is 0 Å². The molecule has 2 atom stereocenters. The minimum absolute atomic E-state index is 0.0258. The van der Waals surface area contributed by atoms with Gasteiger partial charge in [-0.25, -0.2) is 4.39 Å². The van der Waals surface area contributed by atoms with Gasteiger partial charge in [0.2, 0.25) is 12.7 Å². The quantitative estimate of drug-likeness (QED) is 0.822. The Morgan fingerprint density at radius 1 is 1.26 bits per heavy atom. The van der Waals surface area contributed by atoms with Crippen LogP contribution in [0.3, 0.4) is 0 Å². The van der Waals surface area contributed by atoms with Gasteiger partial charge in [0.15, 0.2) is 11.5 Å². The average Bonchev–Trinajstić information content (AvgIpc) is 2.99. The number of fused-ring (bicyclic) bond motifs is 1. The zero-order valence-corrected chi connectivity index (χ0v) is 15.0. The van der Waals surface area contributed by atoms with E-state index in [0.29, 0.717) is 31.2 Å². The molecule has 0 aliphatic carbocycles. The van der Waals surface area contributed by atoms with E-state index in [-0.39, 0.29) is 29.3 Å². The average molecular weight is 373 g/mol.